The first-order valence-corrected chi connectivity index (χ1v) is 7.34. The summed E-state index contributed by atoms with van der Waals surface area (Å²) in [5, 5.41) is -0.843. The Bertz CT molecular complexity index is 1380. The Labute approximate surface area is 162 Å². The summed E-state index contributed by atoms with van der Waals surface area (Å²) in [6, 6.07) is -4.17. The molecule has 5 nitrogen and oxygen atoms in total. The van der Waals surface area contributed by atoms with Crippen LogP contribution in [0.3, 0.4) is 0 Å². The van der Waals surface area contributed by atoms with Crippen molar-refractivity contribution < 1.29 is 40.3 Å². The Morgan fingerprint density at radius 1 is 1.40 bits per heavy atom. The molecule has 3 aromatic rings. The molecule has 2 aromatic heterocycles. The van der Waals surface area contributed by atoms with Crippen LogP contribution in [0, 0.1) is 6.85 Å². The van der Waals surface area contributed by atoms with Crippen LogP contribution in [0.1, 0.15) is 29.1 Å². The summed E-state index contributed by atoms with van der Waals surface area (Å²) in [7, 11) is 0. The van der Waals surface area contributed by atoms with Crippen molar-refractivity contribution >= 4 is 22.2 Å². The Morgan fingerprint density at radius 3 is 2.96 bits per heavy atom. The van der Waals surface area contributed by atoms with Gasteiger partial charge in [0.05, 0.1) is 30.4 Å². The molecule has 132 valence electrons. The lowest BCUT2D eigenvalue weighted by Crippen LogP contribution is -2.20. The van der Waals surface area contributed by atoms with Gasteiger partial charge in [0.15, 0.2) is 12.3 Å². The third-order valence-electron chi connectivity index (χ3n) is 2.55. The van der Waals surface area contributed by atoms with Crippen molar-refractivity contribution in [1.82, 2.24) is 15.0 Å². The number of aromatic amines is 1. The zero-order chi connectivity index (χ0) is 29.3. The Kier molecular flexibility index (Phi) is 2.09. The molecule has 0 saturated carbocycles. The topological polar surface area (TPSA) is 73.9 Å². The molecule has 1 atom stereocenters. The highest BCUT2D eigenvalue weighted by Crippen LogP contribution is 2.25. The van der Waals surface area contributed by atoms with Crippen LogP contribution in [0.2, 0.25) is 0 Å². The second-order valence-corrected chi connectivity index (χ2v) is 5.37. The Balaban J connectivity index is 2.29. The van der Waals surface area contributed by atoms with Gasteiger partial charge in [0.2, 0.25) is 0 Å². The summed E-state index contributed by atoms with van der Waals surface area (Å²) in [5.74, 6) is -1.67. The number of halogens is 3. The van der Waals surface area contributed by atoms with E-state index in [0.717, 1.165) is 0 Å². The average molecular weight is 382 g/mol. The molecule has 9 heteroatoms. The van der Waals surface area contributed by atoms with Gasteiger partial charge >= 0.3 is 11.3 Å². The largest absolute Gasteiger partial charge is 0.609 e. The summed E-state index contributed by atoms with van der Waals surface area (Å²) >= 11 is -3.17. The van der Waals surface area contributed by atoms with Crippen molar-refractivity contribution in [2.75, 3.05) is 6.56 Å². The number of H-pyrrole nitrogens is 1. The van der Waals surface area contributed by atoms with Gasteiger partial charge in [-0.25, -0.2) is 0 Å². The molecule has 0 radical (unpaired) electrons. The van der Waals surface area contributed by atoms with E-state index in [-0.39, 0.29) is 5.52 Å². The highest BCUT2D eigenvalue weighted by molar-refractivity contribution is 7.90. The number of imidazole rings is 1. The summed E-state index contributed by atoms with van der Waals surface area (Å²) < 4.78 is 157. The number of aromatic nitrogens is 3. The van der Waals surface area contributed by atoms with Crippen LogP contribution >= 0.6 is 0 Å². The van der Waals surface area contributed by atoms with E-state index in [1.807, 2.05) is 0 Å². The van der Waals surface area contributed by atoms with Gasteiger partial charge in [0.25, 0.3) is 0 Å². The second kappa shape index (κ2) is 6.93. The lowest BCUT2D eigenvalue weighted by atomic mass is 10.2. The van der Waals surface area contributed by atoms with Gasteiger partial charge in [0.1, 0.15) is 5.75 Å². The van der Waals surface area contributed by atoms with Gasteiger partial charge < -0.3 is 9.29 Å². The van der Waals surface area contributed by atoms with Crippen molar-refractivity contribution in [2.24, 2.45) is 0 Å². The summed E-state index contributed by atoms with van der Waals surface area (Å²) in [6.07, 6.45) is -7.08. The molecule has 0 amide bonds. The first-order valence-electron chi connectivity index (χ1n) is 12.7. The van der Waals surface area contributed by atoms with Crippen LogP contribution in [0.15, 0.2) is 41.5 Å². The molecular formula is C16H14F3N3O2S. The van der Waals surface area contributed by atoms with Crippen molar-refractivity contribution in [3.63, 3.8) is 0 Å². The van der Waals surface area contributed by atoms with E-state index < -0.39 is 101 Å². The first-order chi connectivity index (χ1) is 17.0. The predicted octanol–water partition coefficient (Wildman–Crippen LogP) is 3.52. The van der Waals surface area contributed by atoms with Gasteiger partial charge in [0, 0.05) is 27.0 Å². The van der Waals surface area contributed by atoms with Crippen LogP contribution in [-0.2, 0) is 16.9 Å². The second-order valence-electron chi connectivity index (χ2n) is 4.24. The molecule has 0 aliphatic heterocycles. The monoisotopic (exact) mass is 382 g/mol. The molecule has 3 rings (SSSR count). The van der Waals surface area contributed by atoms with Gasteiger partial charge in [-0.2, -0.15) is 18.2 Å². The van der Waals surface area contributed by atoms with E-state index in [9.17, 15) is 17.7 Å². The van der Waals surface area contributed by atoms with Crippen molar-refractivity contribution in [3.05, 3.63) is 47.6 Å². The fourth-order valence-electron chi connectivity index (χ4n) is 1.56. The third kappa shape index (κ3) is 4.23. The molecule has 0 spiro atoms. The maximum Gasteiger partial charge on any atom is 0.422 e. The van der Waals surface area contributed by atoms with E-state index in [0.29, 0.717) is 0 Å². The molecule has 0 bridgehead atoms. The number of nitrogens with zero attached hydrogens (tertiary/aromatic N) is 2. The van der Waals surface area contributed by atoms with Crippen molar-refractivity contribution in [1.29, 1.82) is 0 Å². The smallest absolute Gasteiger partial charge is 0.422 e. The number of fused-ring (bicyclic) bond motifs is 1. The molecule has 1 unspecified atom stereocenters. The normalized spacial score (nSPS) is 22.3. The molecule has 0 aliphatic rings. The molecule has 1 aromatic carbocycles. The zero-order valence-corrected chi connectivity index (χ0v) is 12.6. The van der Waals surface area contributed by atoms with Crippen LogP contribution in [0.25, 0.3) is 11.0 Å². The highest BCUT2D eigenvalue weighted by Gasteiger charge is 2.29. The van der Waals surface area contributed by atoms with E-state index >= 15 is 0 Å². The van der Waals surface area contributed by atoms with Gasteiger partial charge in [-0.15, -0.1) is 0 Å². The number of alkyl halides is 3. The van der Waals surface area contributed by atoms with Crippen LogP contribution in [0.5, 0.6) is 5.75 Å². The number of hydrogen-bond acceptors (Lipinski definition) is 4. The van der Waals surface area contributed by atoms with E-state index in [1.165, 1.54) is 0 Å². The molecule has 1 N–H and O–H groups in total. The van der Waals surface area contributed by atoms with E-state index in [4.69, 9.17) is 17.8 Å². The fourth-order valence-corrected chi connectivity index (χ4v) is 2.35. The quantitative estimate of drug-likeness (QED) is 0.685. The Morgan fingerprint density at radius 2 is 2.20 bits per heavy atom. The molecular weight excluding hydrogens is 355 g/mol. The first kappa shape index (κ1) is 7.55. The van der Waals surface area contributed by atoms with Crippen molar-refractivity contribution in [3.8, 4) is 5.75 Å². The van der Waals surface area contributed by atoms with Crippen molar-refractivity contribution in [2.45, 2.75) is 23.9 Å². The van der Waals surface area contributed by atoms with Gasteiger partial charge in [-0.1, -0.05) is 12.1 Å². The Hall–Kier alpha value is -2.26. The molecule has 0 fully saturated rings. The summed E-state index contributed by atoms with van der Waals surface area (Å²) in [4.78, 5) is 9.28. The third-order valence-corrected chi connectivity index (χ3v) is 3.47. The number of ether oxygens (including phenoxy) is 1. The number of hydrogen-bond donors (Lipinski definition) is 1. The lowest BCUT2D eigenvalue weighted by Gasteiger charge is -2.14. The number of para-hydroxylation sites is 2. The SMILES string of the molecule is [2H]c1nc(C([2H])([2H])[S+]([O-])c2nc3c([2H])c([2H])c([2H])c([2H])c3[nH]2)c(C([2H])([2H])[2H])c(OC([2H])([2H])C(F)(F)F)c1[2H]. The molecule has 0 aliphatic carbocycles. The predicted molar refractivity (Wildman–Crippen MR) is 86.7 cm³/mol. The number of pyridine rings is 1. The minimum absolute atomic E-state index is 0.385. The lowest BCUT2D eigenvalue weighted by molar-refractivity contribution is -0.153. The van der Waals surface area contributed by atoms with Crippen LogP contribution in [0.4, 0.5) is 13.2 Å². The maximum absolute atomic E-state index is 13.3. The minimum Gasteiger partial charge on any atom is -0.609 e. The van der Waals surface area contributed by atoms with Crippen LogP contribution in [-0.4, -0.2) is 32.2 Å². The molecule has 25 heavy (non-hydrogen) atoms. The molecule has 2 heterocycles. The number of nitrogens with one attached hydrogen (secondary N) is 1. The van der Waals surface area contributed by atoms with E-state index in [2.05, 4.69) is 19.7 Å². The summed E-state index contributed by atoms with van der Waals surface area (Å²) in [6.45, 7) is -8.22. The maximum atomic E-state index is 13.3. The average Bonchev–Trinajstić information content (AvgIpc) is 3.22. The van der Waals surface area contributed by atoms with E-state index in [1.54, 1.807) is 0 Å². The zero-order valence-electron chi connectivity index (χ0n) is 24.8. The van der Waals surface area contributed by atoms with Gasteiger partial charge in [-0.05, 0) is 25.0 Å². The minimum atomic E-state index is -5.75. The summed E-state index contributed by atoms with van der Waals surface area (Å²) in [5.41, 5.74) is -7.34. The van der Waals surface area contributed by atoms with Gasteiger partial charge in [-0.3, -0.25) is 9.97 Å². The fraction of sp³-hybridized carbons (Fsp3) is 0.250. The number of benzene rings is 1. The molecule has 0 saturated heterocycles. The highest BCUT2D eigenvalue weighted by atomic mass is 32.2. The van der Waals surface area contributed by atoms with Crippen LogP contribution < -0.4 is 4.74 Å². The standard InChI is InChI=1S/C16H14F3N3O2S/c1-10-13(20-7-6-14(10)24-9-16(17,18)19)8-25(23)15-21-11-4-2-3-5-12(11)22-15/h2-7H,8-9H2,1H3,(H,21,22)/i1D3,2D,3D,4D,5D,6D,7D,8D2,9D2. The number of rotatable bonds is 5.